The number of rotatable bonds is 5. The van der Waals surface area contributed by atoms with Crippen molar-refractivity contribution in [1.82, 2.24) is 9.96 Å². The van der Waals surface area contributed by atoms with Crippen molar-refractivity contribution in [2.45, 2.75) is 37.0 Å². The molecule has 0 aromatic heterocycles. The summed E-state index contributed by atoms with van der Waals surface area (Å²) >= 11 is 5.85. The molecule has 2 amide bonds. The summed E-state index contributed by atoms with van der Waals surface area (Å²) < 4.78 is 5.17. The van der Waals surface area contributed by atoms with Gasteiger partial charge in [0, 0.05) is 30.2 Å². The Morgan fingerprint density at radius 3 is 2.35 bits per heavy atom. The molecule has 0 aliphatic carbocycles. The highest BCUT2D eigenvalue weighted by Gasteiger charge is 2.43. The molecule has 4 rings (SSSR count). The maximum atomic E-state index is 13.2. The van der Waals surface area contributed by atoms with Crippen LogP contribution in [0.5, 0.6) is 5.75 Å². The fourth-order valence-electron chi connectivity index (χ4n) is 4.39. The van der Waals surface area contributed by atoms with Gasteiger partial charge in [-0.2, -0.15) is 0 Å². The second-order valence-electron chi connectivity index (χ2n) is 8.60. The second kappa shape index (κ2) is 10.2. The summed E-state index contributed by atoms with van der Waals surface area (Å²) in [5.41, 5.74) is 0.235. The van der Waals surface area contributed by atoms with Crippen LogP contribution in [-0.4, -0.2) is 71.1 Å². The van der Waals surface area contributed by atoms with Crippen LogP contribution in [0, 0.1) is 0 Å². The van der Waals surface area contributed by atoms with E-state index in [2.05, 4.69) is 5.32 Å². The van der Waals surface area contributed by atoms with Crippen molar-refractivity contribution in [3.63, 3.8) is 0 Å². The number of nitrogens with one attached hydrogen (secondary N) is 1. The molecule has 2 aliphatic rings. The normalized spacial score (nSPS) is 22.3. The quantitative estimate of drug-likeness (QED) is 0.592. The van der Waals surface area contributed by atoms with E-state index >= 15 is 0 Å². The molecule has 0 radical (unpaired) electrons. The summed E-state index contributed by atoms with van der Waals surface area (Å²) in [6.45, 7) is 0.728. The Hall–Kier alpha value is -2.85. The standard InChI is InChI=1S/C24H28ClN3O6/c1-33-20-8-2-16(3-9-20)24(32)10-12-27(13-11-24)22(30)21-14-19(29)15-28(21)34-23(31)26-18-6-4-17(25)5-7-18/h2-9,19,21,29,32H,10-15H2,1H3,(H,26,31)/t19-,21-/m1/s1. The van der Waals surface area contributed by atoms with E-state index in [0.29, 0.717) is 42.4 Å². The van der Waals surface area contributed by atoms with Crippen molar-refractivity contribution in [1.29, 1.82) is 0 Å². The molecule has 2 aromatic carbocycles. The van der Waals surface area contributed by atoms with Gasteiger partial charge in [-0.15, -0.1) is 5.06 Å². The van der Waals surface area contributed by atoms with E-state index in [1.54, 1.807) is 48.4 Å². The number of methoxy groups -OCH3 is 1. The molecule has 2 aliphatic heterocycles. The molecule has 2 aromatic rings. The highest BCUT2D eigenvalue weighted by Crippen LogP contribution is 2.34. The van der Waals surface area contributed by atoms with Crippen LogP contribution in [0.15, 0.2) is 48.5 Å². The fourth-order valence-corrected chi connectivity index (χ4v) is 4.51. The van der Waals surface area contributed by atoms with E-state index in [1.165, 1.54) is 5.06 Å². The van der Waals surface area contributed by atoms with E-state index in [9.17, 15) is 19.8 Å². The molecular weight excluding hydrogens is 462 g/mol. The summed E-state index contributed by atoms with van der Waals surface area (Å²) in [7, 11) is 1.59. The van der Waals surface area contributed by atoms with E-state index in [0.717, 1.165) is 5.56 Å². The Kier molecular flexibility index (Phi) is 7.27. The highest BCUT2D eigenvalue weighted by molar-refractivity contribution is 6.30. The molecule has 0 saturated carbocycles. The molecule has 0 bridgehead atoms. The average Bonchev–Trinajstić information content (AvgIpc) is 3.20. The number of ether oxygens (including phenoxy) is 1. The Bertz CT molecular complexity index is 1010. The molecule has 34 heavy (non-hydrogen) atoms. The van der Waals surface area contributed by atoms with E-state index in [-0.39, 0.29) is 18.9 Å². The molecule has 3 N–H and O–H groups in total. The number of aliphatic hydroxyl groups is 2. The number of anilines is 1. The number of carbonyl (C=O) groups excluding carboxylic acids is 2. The molecular formula is C24H28ClN3O6. The zero-order valence-corrected chi connectivity index (χ0v) is 19.6. The number of nitrogens with zero attached hydrogens (tertiary/aromatic N) is 2. The summed E-state index contributed by atoms with van der Waals surface area (Å²) in [4.78, 5) is 32.6. The van der Waals surface area contributed by atoms with Crippen molar-refractivity contribution in [2.24, 2.45) is 0 Å². The number of hydrogen-bond acceptors (Lipinski definition) is 7. The first-order valence-electron chi connectivity index (χ1n) is 11.1. The van der Waals surface area contributed by atoms with E-state index in [4.69, 9.17) is 21.2 Å². The third-order valence-corrected chi connectivity index (χ3v) is 6.59. The van der Waals surface area contributed by atoms with Crippen molar-refractivity contribution in [3.8, 4) is 5.75 Å². The number of β-amino-alcohol motifs (C(OH)–C–C–N with tert-alkyl or cyclic N) is 1. The van der Waals surface area contributed by atoms with Gasteiger partial charge in [0.05, 0.1) is 25.4 Å². The minimum absolute atomic E-state index is 0.0358. The highest BCUT2D eigenvalue weighted by atomic mass is 35.5. The number of benzene rings is 2. The lowest BCUT2D eigenvalue weighted by molar-refractivity contribution is -0.158. The van der Waals surface area contributed by atoms with Gasteiger partial charge in [-0.1, -0.05) is 23.7 Å². The number of hydrogen-bond donors (Lipinski definition) is 3. The van der Waals surface area contributed by atoms with Gasteiger partial charge in [-0.05, 0) is 54.8 Å². The number of halogens is 1. The summed E-state index contributed by atoms with van der Waals surface area (Å²) in [5.74, 6) is 0.465. The van der Waals surface area contributed by atoms with Crippen LogP contribution in [0.4, 0.5) is 10.5 Å². The summed E-state index contributed by atoms with van der Waals surface area (Å²) in [6.07, 6.45) is -0.650. The van der Waals surface area contributed by atoms with Gasteiger partial charge in [-0.3, -0.25) is 10.1 Å². The van der Waals surface area contributed by atoms with Gasteiger partial charge in [0.1, 0.15) is 11.8 Å². The second-order valence-corrected chi connectivity index (χ2v) is 9.04. The van der Waals surface area contributed by atoms with Crippen LogP contribution in [0.3, 0.4) is 0 Å². The van der Waals surface area contributed by atoms with Gasteiger partial charge in [-0.25, -0.2) is 4.79 Å². The zero-order valence-electron chi connectivity index (χ0n) is 18.8. The third-order valence-electron chi connectivity index (χ3n) is 6.34. The fraction of sp³-hybridized carbons (Fsp3) is 0.417. The smallest absolute Gasteiger partial charge is 0.430 e. The van der Waals surface area contributed by atoms with Crippen molar-refractivity contribution in [3.05, 3.63) is 59.1 Å². The van der Waals surface area contributed by atoms with Gasteiger partial charge in [0.2, 0.25) is 5.91 Å². The number of carbonyl (C=O) groups is 2. The van der Waals surface area contributed by atoms with Gasteiger partial charge < -0.3 is 24.7 Å². The Balaban J connectivity index is 1.35. The van der Waals surface area contributed by atoms with Gasteiger partial charge >= 0.3 is 6.09 Å². The van der Waals surface area contributed by atoms with Crippen LogP contribution < -0.4 is 10.1 Å². The molecule has 0 spiro atoms. The summed E-state index contributed by atoms with van der Waals surface area (Å²) in [6, 6.07) is 13.0. The van der Waals surface area contributed by atoms with Crippen LogP contribution in [-0.2, 0) is 15.2 Å². The number of aliphatic hydroxyl groups excluding tert-OH is 1. The maximum Gasteiger partial charge on any atom is 0.430 e. The molecule has 9 nitrogen and oxygen atoms in total. The number of likely N-dealkylation sites (tertiary alicyclic amines) is 1. The third kappa shape index (κ3) is 5.44. The SMILES string of the molecule is COc1ccc(C2(O)CCN(C(=O)[C@H]3C[C@@H](O)CN3OC(=O)Nc3ccc(Cl)cc3)CC2)cc1. The maximum absolute atomic E-state index is 13.2. The molecule has 182 valence electrons. The molecule has 10 heteroatoms. The Morgan fingerprint density at radius 1 is 1.09 bits per heavy atom. The zero-order chi connectivity index (χ0) is 24.3. The topological polar surface area (TPSA) is 112 Å². The van der Waals surface area contributed by atoms with E-state index < -0.39 is 23.8 Å². The van der Waals surface area contributed by atoms with Crippen LogP contribution in [0.2, 0.25) is 5.02 Å². The molecule has 2 saturated heterocycles. The molecule has 2 atom stereocenters. The van der Waals surface area contributed by atoms with Crippen LogP contribution in [0.1, 0.15) is 24.8 Å². The number of piperidine rings is 1. The minimum Gasteiger partial charge on any atom is -0.497 e. The number of hydroxylamine groups is 2. The first kappa shape index (κ1) is 24.3. The largest absolute Gasteiger partial charge is 0.497 e. The van der Waals surface area contributed by atoms with Crippen molar-refractivity contribution >= 4 is 29.3 Å². The van der Waals surface area contributed by atoms with Crippen molar-refractivity contribution in [2.75, 3.05) is 32.1 Å². The lowest BCUT2D eigenvalue weighted by atomic mass is 9.84. The molecule has 0 unspecified atom stereocenters. The monoisotopic (exact) mass is 489 g/mol. The van der Waals surface area contributed by atoms with Gasteiger partial charge in [0.15, 0.2) is 0 Å². The van der Waals surface area contributed by atoms with Crippen LogP contribution >= 0.6 is 11.6 Å². The first-order valence-corrected chi connectivity index (χ1v) is 11.5. The number of amides is 2. The molecule has 2 heterocycles. The predicted molar refractivity (Wildman–Crippen MR) is 125 cm³/mol. The van der Waals surface area contributed by atoms with Gasteiger partial charge in [0.25, 0.3) is 0 Å². The Morgan fingerprint density at radius 2 is 1.74 bits per heavy atom. The lowest BCUT2D eigenvalue weighted by Gasteiger charge is -2.40. The Labute approximate surface area is 202 Å². The van der Waals surface area contributed by atoms with Crippen LogP contribution in [0.25, 0.3) is 0 Å². The lowest BCUT2D eigenvalue weighted by Crippen LogP contribution is -2.51. The van der Waals surface area contributed by atoms with E-state index in [1.807, 2.05) is 12.1 Å². The minimum atomic E-state index is -1.03. The van der Waals surface area contributed by atoms with Crippen molar-refractivity contribution < 1.29 is 29.4 Å². The first-order chi connectivity index (χ1) is 16.3. The molecule has 2 fully saturated rings. The summed E-state index contributed by atoms with van der Waals surface area (Å²) in [5, 5.41) is 25.6. The average molecular weight is 490 g/mol. The predicted octanol–water partition coefficient (Wildman–Crippen LogP) is 2.76.